The van der Waals surface area contributed by atoms with Crippen LogP contribution in [0.2, 0.25) is 0 Å². The molecule has 3 rings (SSSR count). The number of hydrogen-bond donors (Lipinski definition) is 1. The van der Waals surface area contributed by atoms with Crippen LogP contribution < -0.4 is 10.1 Å². The van der Waals surface area contributed by atoms with Gasteiger partial charge in [-0.2, -0.15) is 16.1 Å². The zero-order valence-electron chi connectivity index (χ0n) is 16.8. The molecule has 0 aromatic heterocycles. The van der Waals surface area contributed by atoms with Gasteiger partial charge in [0.05, 0.1) is 17.6 Å². The van der Waals surface area contributed by atoms with E-state index in [0.29, 0.717) is 42.5 Å². The number of rotatable bonds is 9. The molecule has 6 nitrogen and oxygen atoms in total. The van der Waals surface area contributed by atoms with E-state index in [1.807, 2.05) is 0 Å². The van der Waals surface area contributed by atoms with E-state index in [-0.39, 0.29) is 16.3 Å². The largest absolute Gasteiger partial charge is 0.496 e. The highest BCUT2D eigenvalue weighted by atomic mass is 32.2. The highest BCUT2D eigenvalue weighted by molar-refractivity contribution is 7.98. The van der Waals surface area contributed by atoms with Crippen molar-refractivity contribution in [2.75, 3.05) is 32.5 Å². The van der Waals surface area contributed by atoms with Gasteiger partial charge in [-0.25, -0.2) is 12.8 Å². The second kappa shape index (κ2) is 10.3. The third-order valence-electron chi connectivity index (χ3n) is 4.87. The molecule has 0 spiro atoms. The lowest BCUT2D eigenvalue weighted by Crippen LogP contribution is -2.29. The molecule has 1 aliphatic heterocycles. The summed E-state index contributed by atoms with van der Waals surface area (Å²) in [6, 6.07) is 10.9. The molecule has 1 saturated heterocycles. The van der Waals surface area contributed by atoms with Gasteiger partial charge < -0.3 is 10.1 Å². The average molecular weight is 453 g/mol. The van der Waals surface area contributed by atoms with Gasteiger partial charge in [-0.05, 0) is 42.7 Å². The normalized spacial score (nSPS) is 14.6. The van der Waals surface area contributed by atoms with Crippen molar-refractivity contribution in [2.45, 2.75) is 23.5 Å². The molecule has 30 heavy (non-hydrogen) atoms. The first-order chi connectivity index (χ1) is 14.4. The molecule has 1 N–H and O–H groups in total. The van der Waals surface area contributed by atoms with Crippen molar-refractivity contribution in [1.29, 1.82) is 0 Å². The summed E-state index contributed by atoms with van der Waals surface area (Å²) in [5.41, 5.74) is 0.798. The van der Waals surface area contributed by atoms with Crippen LogP contribution in [0.15, 0.2) is 47.4 Å². The van der Waals surface area contributed by atoms with Crippen LogP contribution in [0.5, 0.6) is 5.75 Å². The smallest absolute Gasteiger partial charge is 0.255 e. The minimum absolute atomic E-state index is 0.0873. The van der Waals surface area contributed by atoms with Crippen molar-refractivity contribution < 1.29 is 22.3 Å². The molecule has 2 aromatic rings. The van der Waals surface area contributed by atoms with Gasteiger partial charge in [0.2, 0.25) is 10.0 Å². The molecule has 0 unspecified atom stereocenters. The van der Waals surface area contributed by atoms with E-state index in [0.717, 1.165) is 12.8 Å². The Morgan fingerprint density at radius 3 is 2.63 bits per heavy atom. The molecular weight excluding hydrogens is 427 g/mol. The zero-order chi connectivity index (χ0) is 21.6. The molecule has 0 radical (unpaired) electrons. The molecular formula is C21H25FN2O4S2. The Hall–Kier alpha value is -2.10. The van der Waals surface area contributed by atoms with Crippen molar-refractivity contribution in [1.82, 2.24) is 9.62 Å². The number of carbonyl (C=O) groups excluding carboxylic acids is 1. The molecule has 2 aromatic carbocycles. The Bertz CT molecular complexity index is 992. The third-order valence-corrected chi connectivity index (χ3v) is 7.77. The zero-order valence-corrected chi connectivity index (χ0v) is 18.4. The first-order valence-electron chi connectivity index (χ1n) is 9.71. The number of methoxy groups -OCH3 is 1. The number of amides is 1. The molecule has 1 amide bonds. The van der Waals surface area contributed by atoms with Crippen molar-refractivity contribution in [3.63, 3.8) is 0 Å². The molecule has 162 valence electrons. The van der Waals surface area contributed by atoms with Crippen molar-refractivity contribution >= 4 is 27.7 Å². The number of ether oxygens (including phenoxy) is 1. The lowest BCUT2D eigenvalue weighted by molar-refractivity contribution is 0.0953. The van der Waals surface area contributed by atoms with Crippen molar-refractivity contribution in [3.8, 4) is 5.75 Å². The fraction of sp³-hybridized carbons (Fsp3) is 0.381. The SMILES string of the molecule is COc1ccc(S(=O)(=O)N2CCCC2)cc1C(=O)NCCSCc1ccccc1F. The van der Waals surface area contributed by atoms with Gasteiger partial charge in [0.1, 0.15) is 11.6 Å². The molecule has 0 aliphatic carbocycles. The van der Waals surface area contributed by atoms with E-state index >= 15 is 0 Å². The van der Waals surface area contributed by atoms with Crippen LogP contribution in [0.4, 0.5) is 4.39 Å². The van der Waals surface area contributed by atoms with E-state index in [2.05, 4.69) is 5.32 Å². The molecule has 1 heterocycles. The molecule has 9 heteroatoms. The average Bonchev–Trinajstić information content (AvgIpc) is 3.30. The molecule has 0 saturated carbocycles. The van der Waals surface area contributed by atoms with E-state index in [4.69, 9.17) is 4.74 Å². The maximum Gasteiger partial charge on any atom is 0.255 e. The fourth-order valence-electron chi connectivity index (χ4n) is 3.23. The first kappa shape index (κ1) is 22.6. The van der Waals surface area contributed by atoms with Gasteiger partial charge in [-0.15, -0.1) is 0 Å². The number of hydrogen-bond acceptors (Lipinski definition) is 5. The topological polar surface area (TPSA) is 75.7 Å². The number of carbonyl (C=O) groups is 1. The Morgan fingerprint density at radius 1 is 1.20 bits per heavy atom. The van der Waals surface area contributed by atoms with E-state index in [9.17, 15) is 17.6 Å². The minimum atomic E-state index is -3.63. The van der Waals surface area contributed by atoms with Crippen molar-refractivity contribution in [3.05, 3.63) is 59.4 Å². The summed E-state index contributed by atoms with van der Waals surface area (Å²) < 4.78 is 45.9. The summed E-state index contributed by atoms with van der Waals surface area (Å²) in [4.78, 5) is 12.7. The van der Waals surface area contributed by atoms with Crippen LogP contribution in [0, 0.1) is 5.82 Å². The number of benzene rings is 2. The second-order valence-corrected chi connectivity index (χ2v) is 9.92. The highest BCUT2D eigenvalue weighted by Gasteiger charge is 2.28. The Kier molecular flexibility index (Phi) is 7.74. The Morgan fingerprint density at radius 2 is 1.93 bits per heavy atom. The predicted molar refractivity (Wildman–Crippen MR) is 116 cm³/mol. The summed E-state index contributed by atoms with van der Waals surface area (Å²) >= 11 is 1.50. The number of halogens is 1. The lowest BCUT2D eigenvalue weighted by Gasteiger charge is -2.17. The molecule has 0 atom stereocenters. The van der Waals surface area contributed by atoms with Gasteiger partial charge in [0, 0.05) is 31.1 Å². The minimum Gasteiger partial charge on any atom is -0.496 e. The second-order valence-electron chi connectivity index (χ2n) is 6.87. The quantitative estimate of drug-likeness (QED) is 0.591. The summed E-state index contributed by atoms with van der Waals surface area (Å²) in [6.07, 6.45) is 1.68. The first-order valence-corrected chi connectivity index (χ1v) is 12.3. The van der Waals surface area contributed by atoms with Crippen LogP contribution >= 0.6 is 11.8 Å². The van der Waals surface area contributed by atoms with Crippen LogP contribution in [0.1, 0.15) is 28.8 Å². The molecule has 0 bridgehead atoms. The molecule has 1 fully saturated rings. The van der Waals surface area contributed by atoms with E-state index < -0.39 is 15.9 Å². The van der Waals surface area contributed by atoms with Gasteiger partial charge in [-0.3, -0.25) is 4.79 Å². The highest BCUT2D eigenvalue weighted by Crippen LogP contribution is 2.26. The van der Waals surface area contributed by atoms with E-state index in [1.54, 1.807) is 18.2 Å². The lowest BCUT2D eigenvalue weighted by atomic mass is 10.2. The monoisotopic (exact) mass is 452 g/mol. The fourth-order valence-corrected chi connectivity index (χ4v) is 5.62. The number of nitrogens with one attached hydrogen (secondary N) is 1. The van der Waals surface area contributed by atoms with Gasteiger partial charge in [0.25, 0.3) is 5.91 Å². The van der Waals surface area contributed by atoms with Crippen LogP contribution in [0.25, 0.3) is 0 Å². The van der Waals surface area contributed by atoms with Gasteiger partial charge in [-0.1, -0.05) is 18.2 Å². The maximum atomic E-state index is 13.6. The number of nitrogens with zero attached hydrogens (tertiary/aromatic N) is 1. The Balaban J connectivity index is 1.61. The van der Waals surface area contributed by atoms with Crippen LogP contribution in [-0.2, 0) is 15.8 Å². The van der Waals surface area contributed by atoms with Crippen LogP contribution in [0.3, 0.4) is 0 Å². The predicted octanol–water partition coefficient (Wildman–Crippen LogP) is 3.28. The van der Waals surface area contributed by atoms with E-state index in [1.165, 1.54) is 47.4 Å². The third kappa shape index (κ3) is 5.33. The standard InChI is InChI=1S/C21H25FN2O4S2/c1-28-20-9-8-17(30(26,27)24-11-4-5-12-24)14-18(20)21(25)23-10-13-29-15-16-6-2-3-7-19(16)22/h2-3,6-9,14H,4-5,10-13,15H2,1H3,(H,23,25). The summed E-state index contributed by atoms with van der Waals surface area (Å²) in [5, 5.41) is 2.78. The maximum absolute atomic E-state index is 13.6. The summed E-state index contributed by atoms with van der Waals surface area (Å²) in [6.45, 7) is 1.36. The van der Waals surface area contributed by atoms with Crippen LogP contribution in [-0.4, -0.2) is 51.1 Å². The van der Waals surface area contributed by atoms with Gasteiger partial charge in [0.15, 0.2) is 0 Å². The number of thioether (sulfide) groups is 1. The summed E-state index contributed by atoms with van der Waals surface area (Å²) in [7, 11) is -2.19. The number of sulfonamides is 1. The van der Waals surface area contributed by atoms with Crippen molar-refractivity contribution in [2.24, 2.45) is 0 Å². The molecule has 1 aliphatic rings. The Labute approximate surface area is 180 Å². The summed E-state index contributed by atoms with van der Waals surface area (Å²) in [5.74, 6) is 0.766. The van der Waals surface area contributed by atoms with Gasteiger partial charge >= 0.3 is 0 Å².